The maximum atomic E-state index is 7.31. The number of para-hydroxylation sites is 1. The number of benzene rings is 11. The van der Waals surface area contributed by atoms with Gasteiger partial charge in [0.15, 0.2) is 0 Å². The van der Waals surface area contributed by atoms with E-state index in [9.17, 15) is 0 Å². The molecule has 0 radical (unpaired) electrons. The van der Waals surface area contributed by atoms with Gasteiger partial charge in [-0.3, -0.25) is 0 Å². The van der Waals surface area contributed by atoms with E-state index < -0.39 is 5.41 Å². The highest BCUT2D eigenvalue weighted by atomic mass is 16.3. The first kappa shape index (κ1) is 39.4. The second kappa shape index (κ2) is 15.4. The minimum Gasteiger partial charge on any atom is -0.455 e. The highest BCUT2D eigenvalue weighted by molar-refractivity contribution is 6.25. The molecule has 0 fully saturated rings. The standard InChI is InChI=1S/C67H45NO/c1-67(62-41-49(44-20-7-3-8-21-44)40-60-59-39-48(43-18-5-2-6-19-43)38-57(65(59)69-66(60)62)45-22-9-4-10-23-45)35-34-64-61(42-67)56-30-15-16-31-63(56)68(64)50-25-17-24-46(36-50)47-32-33-55-53-28-12-11-26-51(53)52-27-13-14-29-54(52)58(55)37-47/h2-41H,42H2,1H3. The Bertz CT molecular complexity index is 4180. The Morgan fingerprint density at radius 2 is 0.884 bits per heavy atom. The summed E-state index contributed by atoms with van der Waals surface area (Å²) in [5, 5.41) is 11.2. The summed E-state index contributed by atoms with van der Waals surface area (Å²) in [5.41, 5.74) is 16.9. The Hall–Kier alpha value is -8.72. The van der Waals surface area contributed by atoms with Crippen molar-refractivity contribution in [2.24, 2.45) is 0 Å². The van der Waals surface area contributed by atoms with E-state index in [4.69, 9.17) is 4.42 Å². The summed E-state index contributed by atoms with van der Waals surface area (Å²) < 4.78 is 9.78. The summed E-state index contributed by atoms with van der Waals surface area (Å²) in [4.78, 5) is 0. The predicted molar refractivity (Wildman–Crippen MR) is 291 cm³/mol. The summed E-state index contributed by atoms with van der Waals surface area (Å²) in [7, 11) is 0. The molecule has 0 saturated carbocycles. The molecule has 324 valence electrons. The average molecular weight is 880 g/mol. The van der Waals surface area contributed by atoms with Gasteiger partial charge in [0.2, 0.25) is 0 Å². The van der Waals surface area contributed by atoms with Crippen molar-refractivity contribution in [3.63, 3.8) is 0 Å². The number of hydrogen-bond donors (Lipinski definition) is 0. The molecule has 1 unspecified atom stereocenters. The van der Waals surface area contributed by atoms with Crippen molar-refractivity contribution < 1.29 is 4.42 Å². The minimum absolute atomic E-state index is 0.395. The number of allylic oxidation sites excluding steroid dienone is 1. The van der Waals surface area contributed by atoms with E-state index >= 15 is 0 Å². The second-order valence-corrected chi connectivity index (χ2v) is 19.0. The molecule has 2 nitrogen and oxygen atoms in total. The zero-order valence-electron chi connectivity index (χ0n) is 38.2. The number of hydrogen-bond acceptors (Lipinski definition) is 1. The summed E-state index contributed by atoms with van der Waals surface area (Å²) in [6.45, 7) is 2.40. The van der Waals surface area contributed by atoms with Crippen molar-refractivity contribution in [3.05, 3.63) is 253 Å². The maximum absolute atomic E-state index is 7.31. The van der Waals surface area contributed by atoms with Crippen LogP contribution in [0.1, 0.15) is 23.7 Å². The van der Waals surface area contributed by atoms with E-state index in [2.05, 4.69) is 254 Å². The van der Waals surface area contributed by atoms with Crippen LogP contribution in [0.15, 0.2) is 241 Å². The number of furan rings is 1. The van der Waals surface area contributed by atoms with Crippen molar-refractivity contribution in [1.29, 1.82) is 0 Å². The molecule has 1 aliphatic rings. The van der Waals surface area contributed by atoms with E-state index in [1.165, 1.54) is 93.4 Å². The van der Waals surface area contributed by atoms with Gasteiger partial charge >= 0.3 is 0 Å². The normalized spacial score (nSPS) is 14.7. The van der Waals surface area contributed by atoms with Crippen molar-refractivity contribution in [3.8, 4) is 50.2 Å². The first-order valence-corrected chi connectivity index (χ1v) is 24.0. The quantitative estimate of drug-likeness (QED) is 0.152. The van der Waals surface area contributed by atoms with Crippen LogP contribution in [0.4, 0.5) is 0 Å². The summed E-state index contributed by atoms with van der Waals surface area (Å²) in [6.07, 6.45) is 5.63. The van der Waals surface area contributed by atoms with E-state index in [1.54, 1.807) is 0 Å². The summed E-state index contributed by atoms with van der Waals surface area (Å²) >= 11 is 0. The molecule has 1 atom stereocenters. The summed E-state index contributed by atoms with van der Waals surface area (Å²) in [5.74, 6) is 0. The van der Waals surface area contributed by atoms with Crippen LogP contribution in [0.3, 0.4) is 0 Å². The van der Waals surface area contributed by atoms with Gasteiger partial charge in [-0.15, -0.1) is 0 Å². The fraction of sp³-hybridized carbons (Fsp3) is 0.0448. The fourth-order valence-corrected chi connectivity index (χ4v) is 11.6. The SMILES string of the molecule is CC1(c2cc(-c3ccccc3)cc3c2oc2c(-c4ccccc4)cc(-c4ccccc4)cc23)C=Cc2c(c3ccccc3n2-c2cccc(-c3ccc4c5ccccc5c5ccccc5c4c3)c2)C1. The van der Waals surface area contributed by atoms with E-state index in [1.807, 2.05) is 0 Å². The lowest BCUT2D eigenvalue weighted by Crippen LogP contribution is -2.25. The molecule has 0 amide bonds. The molecule has 0 N–H and O–H groups in total. The lowest BCUT2D eigenvalue weighted by Gasteiger charge is -2.31. The molecule has 0 aliphatic heterocycles. The molecular formula is C67H45NO. The van der Waals surface area contributed by atoms with Crippen LogP contribution < -0.4 is 0 Å². The van der Waals surface area contributed by atoms with Crippen molar-refractivity contribution >= 4 is 71.2 Å². The van der Waals surface area contributed by atoms with Crippen molar-refractivity contribution in [1.82, 2.24) is 4.57 Å². The highest BCUT2D eigenvalue weighted by Gasteiger charge is 2.35. The summed E-state index contributed by atoms with van der Waals surface area (Å²) in [6, 6.07) is 84.3. The Labute approximate surface area is 400 Å². The third kappa shape index (κ3) is 6.26. The smallest absolute Gasteiger partial charge is 0.143 e. The van der Waals surface area contributed by atoms with Gasteiger partial charge in [0.1, 0.15) is 11.2 Å². The molecule has 11 aromatic carbocycles. The second-order valence-electron chi connectivity index (χ2n) is 19.0. The molecule has 69 heavy (non-hydrogen) atoms. The van der Waals surface area contributed by atoms with Gasteiger partial charge < -0.3 is 8.98 Å². The zero-order chi connectivity index (χ0) is 45.6. The Morgan fingerprint density at radius 3 is 1.55 bits per heavy atom. The van der Waals surface area contributed by atoms with Crippen LogP contribution in [0, 0.1) is 0 Å². The number of nitrogens with zero attached hydrogens (tertiary/aromatic N) is 1. The molecule has 0 bridgehead atoms. The van der Waals surface area contributed by atoms with Crippen molar-refractivity contribution in [2.45, 2.75) is 18.8 Å². The topological polar surface area (TPSA) is 18.1 Å². The molecule has 2 heteroatoms. The largest absolute Gasteiger partial charge is 0.455 e. The lowest BCUT2D eigenvalue weighted by molar-refractivity contribution is 0.572. The van der Waals surface area contributed by atoms with Crippen LogP contribution in [0.5, 0.6) is 0 Å². The van der Waals surface area contributed by atoms with Gasteiger partial charge in [0.25, 0.3) is 0 Å². The van der Waals surface area contributed by atoms with Gasteiger partial charge in [-0.05, 0) is 138 Å². The van der Waals surface area contributed by atoms with Gasteiger partial charge in [0, 0.05) is 44.1 Å². The average Bonchev–Trinajstić information content (AvgIpc) is 3.96. The molecule has 0 spiro atoms. The lowest BCUT2D eigenvalue weighted by atomic mass is 9.72. The number of aromatic nitrogens is 1. The molecule has 2 heterocycles. The van der Waals surface area contributed by atoms with Crippen LogP contribution in [-0.2, 0) is 11.8 Å². The molecule has 13 aromatic rings. The fourth-order valence-electron chi connectivity index (χ4n) is 11.6. The number of rotatable bonds is 6. The number of fused-ring (bicyclic) bond motifs is 12. The highest BCUT2D eigenvalue weighted by Crippen LogP contribution is 2.49. The molecule has 0 saturated heterocycles. The van der Waals surface area contributed by atoms with Gasteiger partial charge in [0.05, 0.1) is 5.52 Å². The Morgan fingerprint density at radius 1 is 0.377 bits per heavy atom. The first-order chi connectivity index (χ1) is 34.1. The maximum Gasteiger partial charge on any atom is 0.143 e. The van der Waals surface area contributed by atoms with Gasteiger partial charge in [-0.2, -0.15) is 0 Å². The Kier molecular flexibility index (Phi) is 8.81. The van der Waals surface area contributed by atoms with E-state index in [0.29, 0.717) is 0 Å². The first-order valence-electron chi connectivity index (χ1n) is 24.0. The Balaban J connectivity index is 0.938. The van der Waals surface area contributed by atoms with Crippen LogP contribution in [-0.4, -0.2) is 4.57 Å². The predicted octanol–water partition coefficient (Wildman–Crippen LogP) is 18.2. The van der Waals surface area contributed by atoms with Crippen LogP contribution in [0.25, 0.3) is 121 Å². The van der Waals surface area contributed by atoms with Crippen LogP contribution in [0.2, 0.25) is 0 Å². The zero-order valence-corrected chi connectivity index (χ0v) is 38.2. The third-order valence-electron chi connectivity index (χ3n) is 14.9. The molecule has 2 aromatic heterocycles. The third-order valence-corrected chi connectivity index (χ3v) is 14.9. The molecule has 14 rings (SSSR count). The monoisotopic (exact) mass is 879 g/mol. The van der Waals surface area contributed by atoms with E-state index in [0.717, 1.165) is 45.2 Å². The molecular weight excluding hydrogens is 835 g/mol. The van der Waals surface area contributed by atoms with Gasteiger partial charge in [-0.25, -0.2) is 0 Å². The minimum atomic E-state index is -0.395. The van der Waals surface area contributed by atoms with Crippen LogP contribution >= 0.6 is 0 Å². The van der Waals surface area contributed by atoms with E-state index in [-0.39, 0.29) is 0 Å². The van der Waals surface area contributed by atoms with Gasteiger partial charge in [-0.1, -0.05) is 195 Å². The van der Waals surface area contributed by atoms with Crippen molar-refractivity contribution in [2.75, 3.05) is 0 Å². The molecule has 1 aliphatic carbocycles.